The molecule has 0 radical (unpaired) electrons. The lowest BCUT2D eigenvalue weighted by molar-refractivity contribution is 0.0749. The molecule has 1 aliphatic carbocycles. The average molecular weight is 381 g/mol. The van der Waals surface area contributed by atoms with E-state index in [0.29, 0.717) is 0 Å². The van der Waals surface area contributed by atoms with Crippen LogP contribution in [-0.4, -0.2) is 24.5 Å². The van der Waals surface area contributed by atoms with Crippen LogP contribution < -0.4 is 5.19 Å². The maximum Gasteiger partial charge on any atom is 0.162 e. The Labute approximate surface area is 163 Å². The number of thioether (sulfide) groups is 1. The topological polar surface area (TPSA) is 20.2 Å². The second-order valence-corrected chi connectivity index (χ2v) is 12.9. The first kappa shape index (κ1) is 19.3. The molecule has 0 heterocycles. The molecule has 26 heavy (non-hydrogen) atoms. The van der Waals surface area contributed by atoms with Crippen LogP contribution in [0.4, 0.5) is 0 Å². The summed E-state index contributed by atoms with van der Waals surface area (Å²) < 4.78 is 0. The highest BCUT2D eigenvalue weighted by Gasteiger charge is 2.31. The molecular weight excluding hydrogens is 352 g/mol. The molecule has 2 aromatic carbocycles. The van der Waals surface area contributed by atoms with E-state index in [1.807, 2.05) is 17.8 Å². The van der Waals surface area contributed by atoms with Crippen molar-refractivity contribution in [3.63, 3.8) is 0 Å². The average Bonchev–Trinajstić information content (AvgIpc) is 2.67. The van der Waals surface area contributed by atoms with E-state index in [1.54, 1.807) is 0 Å². The summed E-state index contributed by atoms with van der Waals surface area (Å²) in [5.41, 5.74) is 3.67. The zero-order valence-electron chi connectivity index (χ0n) is 15.7. The number of hydrogen-bond acceptors (Lipinski definition) is 2. The molecule has 3 unspecified atom stereocenters. The third-order valence-corrected chi connectivity index (χ3v) is 9.01. The first-order valence-corrected chi connectivity index (χ1v) is 13.4. The van der Waals surface area contributed by atoms with Gasteiger partial charge in [0.2, 0.25) is 0 Å². The van der Waals surface area contributed by atoms with Gasteiger partial charge in [0.25, 0.3) is 0 Å². The monoisotopic (exact) mass is 380 g/mol. The van der Waals surface area contributed by atoms with Crippen molar-refractivity contribution in [2.75, 3.05) is 0 Å². The highest BCUT2D eigenvalue weighted by molar-refractivity contribution is 8.00. The number of aliphatic hydroxyl groups excluding tert-OH is 1. The molecule has 0 aliphatic heterocycles. The fourth-order valence-corrected chi connectivity index (χ4v) is 6.55. The lowest BCUT2D eigenvalue weighted by atomic mass is 9.84. The van der Waals surface area contributed by atoms with E-state index in [4.69, 9.17) is 0 Å². The van der Waals surface area contributed by atoms with Crippen LogP contribution >= 0.6 is 11.8 Å². The molecule has 0 amide bonds. The number of hydrogen-bond donors (Lipinski definition) is 1. The van der Waals surface area contributed by atoms with Gasteiger partial charge in [-0.2, -0.15) is 0 Å². The van der Waals surface area contributed by atoms with Crippen molar-refractivity contribution < 1.29 is 5.11 Å². The molecule has 0 bridgehead atoms. The van der Waals surface area contributed by atoms with Crippen molar-refractivity contribution in [2.24, 2.45) is 5.92 Å². The Hall–Kier alpha value is -1.47. The van der Waals surface area contributed by atoms with Gasteiger partial charge in [-0.3, -0.25) is 0 Å². The Kier molecular flexibility index (Phi) is 6.64. The van der Waals surface area contributed by atoms with Gasteiger partial charge in [-0.25, -0.2) is 0 Å². The van der Waals surface area contributed by atoms with Crippen LogP contribution in [0.3, 0.4) is 0 Å². The molecule has 3 heteroatoms. The second kappa shape index (κ2) is 8.95. The highest BCUT2D eigenvalue weighted by atomic mass is 32.2. The van der Waals surface area contributed by atoms with Crippen LogP contribution in [0.2, 0.25) is 13.1 Å². The summed E-state index contributed by atoms with van der Waals surface area (Å²) in [4.78, 5) is 1.24. The number of aliphatic hydroxyl groups is 1. The number of benzene rings is 2. The molecule has 1 N–H and O–H groups in total. The summed E-state index contributed by atoms with van der Waals surface area (Å²) in [5.74, 6) is 3.89. The minimum Gasteiger partial charge on any atom is -0.393 e. The quantitative estimate of drug-likeness (QED) is 0.464. The van der Waals surface area contributed by atoms with Gasteiger partial charge in [-0.1, -0.05) is 80.4 Å². The van der Waals surface area contributed by atoms with Crippen LogP contribution in [0.25, 0.3) is 0 Å². The van der Waals surface area contributed by atoms with Crippen molar-refractivity contribution in [2.45, 2.75) is 55.0 Å². The van der Waals surface area contributed by atoms with Crippen molar-refractivity contribution in [1.82, 2.24) is 0 Å². The smallest absolute Gasteiger partial charge is 0.162 e. The molecule has 0 spiro atoms. The molecule has 136 valence electrons. The Morgan fingerprint density at radius 2 is 1.58 bits per heavy atom. The van der Waals surface area contributed by atoms with Crippen molar-refractivity contribution in [3.05, 3.63) is 60.7 Å². The highest BCUT2D eigenvalue weighted by Crippen LogP contribution is 2.36. The van der Waals surface area contributed by atoms with E-state index in [9.17, 15) is 5.11 Å². The SMILES string of the molecule is C[Si](C)(C#CC(Sc1ccccc1)C1CCCCC1O)c1ccccc1. The lowest BCUT2D eigenvalue weighted by Gasteiger charge is -2.31. The van der Waals surface area contributed by atoms with Gasteiger partial charge in [0.1, 0.15) is 0 Å². The van der Waals surface area contributed by atoms with Crippen LogP contribution in [0.1, 0.15) is 25.7 Å². The van der Waals surface area contributed by atoms with E-state index < -0.39 is 8.07 Å². The zero-order valence-corrected chi connectivity index (χ0v) is 17.5. The minimum absolute atomic E-state index is 0.156. The lowest BCUT2D eigenvalue weighted by Crippen LogP contribution is -2.40. The van der Waals surface area contributed by atoms with Crippen LogP contribution in [0.15, 0.2) is 65.6 Å². The largest absolute Gasteiger partial charge is 0.393 e. The summed E-state index contributed by atoms with van der Waals surface area (Å²) in [7, 11) is -1.80. The molecular formula is C23H28OSSi. The van der Waals surface area contributed by atoms with Gasteiger partial charge < -0.3 is 5.11 Å². The second-order valence-electron chi connectivity index (χ2n) is 7.63. The molecule has 0 aromatic heterocycles. The summed E-state index contributed by atoms with van der Waals surface area (Å²) >= 11 is 1.82. The standard InChI is InChI=1S/C23H28OSSi/c1-26(2,20-13-7-4-8-14-20)18-17-23(21-15-9-10-16-22(21)24)25-19-11-5-3-6-12-19/h3-8,11-14,21-24H,9-10,15-16H2,1-2H3. The number of rotatable bonds is 4. The van der Waals surface area contributed by atoms with Gasteiger partial charge in [-0.15, -0.1) is 17.3 Å². The summed E-state index contributed by atoms with van der Waals surface area (Å²) in [5, 5.41) is 12.1. The Morgan fingerprint density at radius 3 is 2.23 bits per heavy atom. The fourth-order valence-electron chi connectivity index (χ4n) is 3.54. The maximum atomic E-state index is 10.6. The minimum atomic E-state index is -1.80. The predicted molar refractivity (Wildman–Crippen MR) is 115 cm³/mol. The molecule has 2 aromatic rings. The van der Waals surface area contributed by atoms with Crippen LogP contribution in [0, 0.1) is 17.4 Å². The van der Waals surface area contributed by atoms with E-state index in [0.717, 1.165) is 19.3 Å². The molecule has 1 saturated carbocycles. The Bertz CT molecular complexity index is 748. The fraction of sp³-hybridized carbons (Fsp3) is 0.391. The normalized spacial score (nSPS) is 21.5. The van der Waals surface area contributed by atoms with Crippen LogP contribution in [0.5, 0.6) is 0 Å². The summed E-state index contributed by atoms with van der Waals surface area (Å²) in [6.45, 7) is 4.63. The molecule has 1 nitrogen and oxygen atoms in total. The maximum absolute atomic E-state index is 10.6. The molecule has 1 aliphatic rings. The van der Waals surface area contributed by atoms with Gasteiger partial charge >= 0.3 is 0 Å². The van der Waals surface area contributed by atoms with E-state index in [2.05, 4.69) is 79.2 Å². The molecule has 3 atom stereocenters. The molecule has 0 saturated heterocycles. The van der Waals surface area contributed by atoms with Gasteiger partial charge in [0, 0.05) is 10.8 Å². The first-order chi connectivity index (χ1) is 12.6. The Balaban J connectivity index is 1.86. The van der Waals surface area contributed by atoms with Crippen molar-refractivity contribution >= 4 is 25.0 Å². The van der Waals surface area contributed by atoms with Crippen LogP contribution in [-0.2, 0) is 0 Å². The molecule has 3 rings (SSSR count). The third kappa shape index (κ3) is 5.04. The van der Waals surface area contributed by atoms with E-state index in [-0.39, 0.29) is 17.3 Å². The van der Waals surface area contributed by atoms with Gasteiger partial charge in [0.15, 0.2) is 8.07 Å². The Morgan fingerprint density at radius 1 is 0.962 bits per heavy atom. The summed E-state index contributed by atoms with van der Waals surface area (Å²) in [6.07, 6.45) is 4.11. The van der Waals surface area contributed by atoms with Gasteiger partial charge in [0.05, 0.1) is 11.4 Å². The third-order valence-electron chi connectivity index (χ3n) is 5.20. The van der Waals surface area contributed by atoms with Crippen molar-refractivity contribution in [1.29, 1.82) is 0 Å². The van der Waals surface area contributed by atoms with Crippen molar-refractivity contribution in [3.8, 4) is 11.5 Å². The predicted octanol–water partition coefficient (Wildman–Crippen LogP) is 4.86. The zero-order chi connectivity index (χ0) is 18.4. The molecule has 1 fully saturated rings. The summed E-state index contributed by atoms with van der Waals surface area (Å²) in [6, 6.07) is 21.2. The van der Waals surface area contributed by atoms with E-state index in [1.165, 1.54) is 16.5 Å². The van der Waals surface area contributed by atoms with Gasteiger partial charge in [-0.05, 0) is 30.2 Å². The first-order valence-electron chi connectivity index (χ1n) is 9.54. The van der Waals surface area contributed by atoms with E-state index >= 15 is 0 Å².